The van der Waals surface area contributed by atoms with Crippen molar-refractivity contribution >= 4 is 47.4 Å². The highest BCUT2D eigenvalue weighted by Gasteiger charge is 2.42. The fraction of sp³-hybridized carbons (Fsp3) is 0.529. The van der Waals surface area contributed by atoms with Crippen LogP contribution in [0.25, 0.3) is 0 Å². The van der Waals surface area contributed by atoms with Crippen molar-refractivity contribution in [1.29, 1.82) is 0 Å². The Morgan fingerprint density at radius 3 is 2.96 bits per heavy atom. The molecule has 2 aliphatic rings. The molecular formula is C17H23ClFIN4O. The lowest BCUT2D eigenvalue weighted by Gasteiger charge is -2.40. The molecule has 5 nitrogen and oxygen atoms in total. The van der Waals surface area contributed by atoms with Crippen molar-refractivity contribution in [2.75, 3.05) is 26.7 Å². The summed E-state index contributed by atoms with van der Waals surface area (Å²) < 4.78 is 13.2. The van der Waals surface area contributed by atoms with Gasteiger partial charge in [0.2, 0.25) is 5.91 Å². The number of aliphatic imine (C=N–C) groups is 1. The second-order valence-electron chi connectivity index (χ2n) is 6.63. The number of nitrogens with one attached hydrogen (secondary N) is 2. The molecule has 1 aromatic carbocycles. The molecule has 8 heteroatoms. The van der Waals surface area contributed by atoms with Crippen LogP contribution >= 0.6 is 35.6 Å². The number of benzene rings is 1. The summed E-state index contributed by atoms with van der Waals surface area (Å²) in [7, 11) is 1.75. The minimum atomic E-state index is -0.416. The van der Waals surface area contributed by atoms with Gasteiger partial charge in [0.05, 0.1) is 5.02 Å². The molecular weight excluding hydrogens is 458 g/mol. The van der Waals surface area contributed by atoms with E-state index < -0.39 is 5.82 Å². The highest BCUT2D eigenvalue weighted by Crippen LogP contribution is 2.36. The lowest BCUT2D eigenvalue weighted by atomic mass is 9.79. The zero-order chi connectivity index (χ0) is 17.2. The van der Waals surface area contributed by atoms with E-state index in [0.717, 1.165) is 44.0 Å². The van der Waals surface area contributed by atoms with Crippen LogP contribution in [0.5, 0.6) is 0 Å². The highest BCUT2D eigenvalue weighted by atomic mass is 127. The number of piperidine rings is 1. The van der Waals surface area contributed by atoms with Crippen LogP contribution in [0.3, 0.4) is 0 Å². The van der Waals surface area contributed by atoms with Crippen molar-refractivity contribution in [3.63, 3.8) is 0 Å². The number of carbonyl (C=O) groups is 1. The third-order valence-corrected chi connectivity index (χ3v) is 5.09. The summed E-state index contributed by atoms with van der Waals surface area (Å²) in [6, 6.07) is 4.70. The van der Waals surface area contributed by atoms with Gasteiger partial charge in [-0.25, -0.2) is 4.39 Å². The number of rotatable bonds is 2. The normalized spacial score (nSPS) is 23.4. The number of nitrogens with zero attached hydrogens (tertiary/aromatic N) is 2. The second kappa shape index (κ2) is 8.53. The zero-order valence-electron chi connectivity index (χ0n) is 14.1. The van der Waals surface area contributed by atoms with Crippen molar-refractivity contribution < 1.29 is 9.18 Å². The van der Waals surface area contributed by atoms with E-state index in [1.54, 1.807) is 19.2 Å². The molecule has 1 atom stereocenters. The van der Waals surface area contributed by atoms with Crippen molar-refractivity contribution in [2.45, 2.75) is 25.8 Å². The van der Waals surface area contributed by atoms with Gasteiger partial charge in [0.15, 0.2) is 5.96 Å². The summed E-state index contributed by atoms with van der Waals surface area (Å²) in [5, 5.41) is 6.38. The number of hydrogen-bond acceptors (Lipinski definition) is 2. The summed E-state index contributed by atoms with van der Waals surface area (Å²) in [6.45, 7) is 3.00. The maximum Gasteiger partial charge on any atom is 0.220 e. The molecule has 2 fully saturated rings. The zero-order valence-corrected chi connectivity index (χ0v) is 17.2. The van der Waals surface area contributed by atoms with Gasteiger partial charge in [-0.15, -0.1) is 24.0 Å². The van der Waals surface area contributed by atoms with E-state index in [0.29, 0.717) is 13.0 Å². The minimum absolute atomic E-state index is 0. The maximum absolute atomic E-state index is 13.2. The third-order valence-electron chi connectivity index (χ3n) is 4.80. The molecule has 0 saturated carbocycles. The fourth-order valence-electron chi connectivity index (χ4n) is 3.59. The van der Waals surface area contributed by atoms with E-state index in [9.17, 15) is 9.18 Å². The predicted octanol–water partition coefficient (Wildman–Crippen LogP) is 2.77. The number of likely N-dealkylation sites (tertiary alicyclic amines) is 1. The summed E-state index contributed by atoms with van der Waals surface area (Å²) in [4.78, 5) is 18.2. The smallest absolute Gasteiger partial charge is 0.220 e. The van der Waals surface area contributed by atoms with Gasteiger partial charge < -0.3 is 15.5 Å². The Morgan fingerprint density at radius 2 is 2.32 bits per heavy atom. The van der Waals surface area contributed by atoms with Crippen LogP contribution in [-0.2, 0) is 11.3 Å². The molecule has 1 aromatic rings. The molecule has 2 aliphatic heterocycles. The van der Waals surface area contributed by atoms with E-state index in [2.05, 4.69) is 20.5 Å². The van der Waals surface area contributed by atoms with Crippen molar-refractivity contribution in [3.8, 4) is 0 Å². The molecule has 2 saturated heterocycles. The summed E-state index contributed by atoms with van der Waals surface area (Å²) in [5.74, 6) is 0.524. The number of amides is 1. The molecule has 0 bridgehead atoms. The molecule has 138 valence electrons. The van der Waals surface area contributed by atoms with Gasteiger partial charge >= 0.3 is 0 Å². The van der Waals surface area contributed by atoms with Crippen molar-refractivity contribution in [1.82, 2.24) is 15.5 Å². The first kappa shape index (κ1) is 20.2. The van der Waals surface area contributed by atoms with E-state index in [1.807, 2.05) is 0 Å². The largest absolute Gasteiger partial charge is 0.355 e. The van der Waals surface area contributed by atoms with Crippen LogP contribution in [0.15, 0.2) is 23.2 Å². The van der Waals surface area contributed by atoms with Gasteiger partial charge in [-0.05, 0) is 30.5 Å². The number of halogens is 3. The molecule has 3 rings (SSSR count). The van der Waals surface area contributed by atoms with Crippen LogP contribution in [0.1, 0.15) is 24.8 Å². The van der Waals surface area contributed by atoms with E-state index in [1.165, 1.54) is 6.07 Å². The molecule has 2 N–H and O–H groups in total. The molecule has 1 spiro atoms. The average Bonchev–Trinajstić information content (AvgIpc) is 2.91. The number of guanidine groups is 1. The van der Waals surface area contributed by atoms with Gasteiger partial charge in [-0.3, -0.25) is 9.79 Å². The van der Waals surface area contributed by atoms with Crippen molar-refractivity contribution in [3.05, 3.63) is 34.6 Å². The molecule has 1 unspecified atom stereocenters. The number of hydrogen-bond donors (Lipinski definition) is 2. The topological polar surface area (TPSA) is 56.7 Å². The summed E-state index contributed by atoms with van der Waals surface area (Å²) >= 11 is 5.83. The SMILES string of the molecule is CN=C(NCc1ccc(F)c(Cl)c1)N1CCCC2(CNC(=O)C2)C1.I. The molecule has 0 radical (unpaired) electrons. The molecule has 1 amide bonds. The van der Waals surface area contributed by atoms with Gasteiger partial charge in [-0.1, -0.05) is 17.7 Å². The quantitative estimate of drug-likeness (QED) is 0.389. The van der Waals surface area contributed by atoms with E-state index in [4.69, 9.17) is 11.6 Å². The van der Waals surface area contributed by atoms with Crippen LogP contribution < -0.4 is 10.6 Å². The van der Waals surface area contributed by atoms with Crippen LogP contribution in [0, 0.1) is 11.2 Å². The molecule has 25 heavy (non-hydrogen) atoms. The molecule has 0 aromatic heterocycles. The Hall–Kier alpha value is -1.09. The van der Waals surface area contributed by atoms with Crippen LogP contribution in [0.2, 0.25) is 5.02 Å². The van der Waals surface area contributed by atoms with E-state index in [-0.39, 0.29) is 40.3 Å². The van der Waals surface area contributed by atoms with Gasteiger partial charge in [0, 0.05) is 45.1 Å². The monoisotopic (exact) mass is 480 g/mol. The first-order valence-electron chi connectivity index (χ1n) is 8.18. The Labute approximate surface area is 169 Å². The Morgan fingerprint density at radius 1 is 1.52 bits per heavy atom. The lowest BCUT2D eigenvalue weighted by molar-refractivity contribution is -0.119. The highest BCUT2D eigenvalue weighted by molar-refractivity contribution is 14.0. The van der Waals surface area contributed by atoms with Gasteiger partial charge in [0.25, 0.3) is 0 Å². The van der Waals surface area contributed by atoms with Gasteiger partial charge in [0.1, 0.15) is 5.82 Å². The first-order chi connectivity index (χ1) is 11.5. The van der Waals surface area contributed by atoms with Gasteiger partial charge in [-0.2, -0.15) is 0 Å². The average molecular weight is 481 g/mol. The maximum atomic E-state index is 13.2. The standard InChI is InChI=1S/C17H22ClFN4O.HI/c1-20-16(21-9-12-3-4-14(19)13(18)7-12)23-6-2-5-17(11-23)8-15(24)22-10-17;/h3-4,7H,2,5-6,8-11H2,1H3,(H,20,21)(H,22,24);1H. The molecule has 0 aliphatic carbocycles. The Kier molecular flexibility index (Phi) is 6.90. The second-order valence-corrected chi connectivity index (χ2v) is 7.04. The van der Waals surface area contributed by atoms with Crippen LogP contribution in [-0.4, -0.2) is 43.4 Å². The summed E-state index contributed by atoms with van der Waals surface area (Å²) in [5.41, 5.74) is 0.915. The minimum Gasteiger partial charge on any atom is -0.355 e. The predicted molar refractivity (Wildman–Crippen MR) is 108 cm³/mol. The third kappa shape index (κ3) is 4.75. The fourth-order valence-corrected chi connectivity index (χ4v) is 3.80. The van der Waals surface area contributed by atoms with E-state index >= 15 is 0 Å². The molecule has 2 heterocycles. The summed E-state index contributed by atoms with van der Waals surface area (Å²) in [6.07, 6.45) is 2.69. The van der Waals surface area contributed by atoms with Crippen molar-refractivity contribution in [2.24, 2.45) is 10.4 Å². The van der Waals surface area contributed by atoms with Crippen LogP contribution in [0.4, 0.5) is 4.39 Å². The Balaban J connectivity index is 0.00000225. The number of carbonyl (C=O) groups excluding carboxylic acids is 1. The first-order valence-corrected chi connectivity index (χ1v) is 8.55. The Bertz CT molecular complexity index is 672. The lowest BCUT2D eigenvalue weighted by Crippen LogP contribution is -2.51.